The molecule has 3 rings (SSSR count). The fraction of sp³-hybridized carbons (Fsp3) is 0.333. The molecule has 31 heavy (non-hydrogen) atoms. The predicted octanol–water partition coefficient (Wildman–Crippen LogP) is 2.65. The summed E-state index contributed by atoms with van der Waals surface area (Å²) >= 11 is 0. The molecule has 1 aliphatic heterocycles. The molecule has 0 amide bonds. The van der Waals surface area contributed by atoms with E-state index in [0.717, 1.165) is 45.3 Å². The molecule has 0 bridgehead atoms. The third-order valence-electron chi connectivity index (χ3n) is 5.22. The molecule has 0 radical (unpaired) electrons. The van der Waals surface area contributed by atoms with E-state index in [1.54, 1.807) is 0 Å². The van der Waals surface area contributed by atoms with Gasteiger partial charge in [-0.1, -0.05) is 42.5 Å². The standard InChI is InChI=1S/C24H29N3O4/c1-30-23(28)16-22(24(29)31-2)25-21-10-8-20(9-11-21)18-27-14-12-26(13-15-27)17-19-6-4-3-5-7-19/h3-11,16,25H,12-15,17-18H2,1-2H3/b22-16+. The Kier molecular flexibility index (Phi) is 8.20. The Balaban J connectivity index is 1.51. The Labute approximate surface area is 183 Å². The first-order valence-electron chi connectivity index (χ1n) is 10.3. The van der Waals surface area contributed by atoms with Gasteiger partial charge in [-0.25, -0.2) is 9.59 Å². The van der Waals surface area contributed by atoms with Crippen LogP contribution in [-0.4, -0.2) is 62.1 Å². The Morgan fingerprint density at radius 3 is 1.90 bits per heavy atom. The van der Waals surface area contributed by atoms with Crippen molar-refractivity contribution < 1.29 is 19.1 Å². The molecule has 0 aromatic heterocycles. The van der Waals surface area contributed by atoms with E-state index in [9.17, 15) is 9.59 Å². The Morgan fingerprint density at radius 2 is 1.39 bits per heavy atom. The molecule has 0 unspecified atom stereocenters. The van der Waals surface area contributed by atoms with Gasteiger partial charge in [-0.05, 0) is 23.3 Å². The van der Waals surface area contributed by atoms with Crippen molar-refractivity contribution in [1.82, 2.24) is 9.80 Å². The van der Waals surface area contributed by atoms with E-state index >= 15 is 0 Å². The van der Waals surface area contributed by atoms with Crippen LogP contribution in [0.4, 0.5) is 5.69 Å². The minimum absolute atomic E-state index is 0.0247. The van der Waals surface area contributed by atoms with Crippen LogP contribution in [0.15, 0.2) is 66.4 Å². The normalized spacial score (nSPS) is 15.4. The molecule has 1 fully saturated rings. The largest absolute Gasteiger partial charge is 0.466 e. The lowest BCUT2D eigenvalue weighted by molar-refractivity contribution is -0.138. The van der Waals surface area contributed by atoms with E-state index in [2.05, 4.69) is 44.1 Å². The quantitative estimate of drug-likeness (QED) is 0.517. The molecule has 2 aromatic carbocycles. The van der Waals surface area contributed by atoms with Crippen LogP contribution in [0, 0.1) is 0 Å². The Hall–Kier alpha value is -3.16. The van der Waals surface area contributed by atoms with Crippen LogP contribution in [0.2, 0.25) is 0 Å². The van der Waals surface area contributed by atoms with Gasteiger partial charge in [0.05, 0.1) is 20.3 Å². The minimum Gasteiger partial charge on any atom is -0.466 e. The maximum absolute atomic E-state index is 11.9. The van der Waals surface area contributed by atoms with Gasteiger partial charge in [0.1, 0.15) is 5.70 Å². The molecule has 0 spiro atoms. The topological polar surface area (TPSA) is 71.1 Å². The van der Waals surface area contributed by atoms with E-state index in [0.29, 0.717) is 5.69 Å². The molecule has 1 aliphatic rings. The second-order valence-electron chi connectivity index (χ2n) is 7.43. The van der Waals surface area contributed by atoms with Crippen LogP contribution >= 0.6 is 0 Å². The lowest BCUT2D eigenvalue weighted by Gasteiger charge is -2.34. The summed E-state index contributed by atoms with van der Waals surface area (Å²) in [5.74, 6) is -1.27. The molecule has 0 aliphatic carbocycles. The summed E-state index contributed by atoms with van der Waals surface area (Å²) in [6, 6.07) is 18.4. The SMILES string of the molecule is COC(=O)/C=C(/Nc1ccc(CN2CCN(Cc3ccccc3)CC2)cc1)C(=O)OC. The first-order chi connectivity index (χ1) is 15.1. The molecule has 1 saturated heterocycles. The van der Waals surface area contributed by atoms with E-state index in [1.807, 2.05) is 30.3 Å². The van der Waals surface area contributed by atoms with Crippen molar-refractivity contribution in [1.29, 1.82) is 0 Å². The summed E-state index contributed by atoms with van der Waals surface area (Å²) in [7, 11) is 2.52. The molecule has 164 valence electrons. The molecular formula is C24H29N3O4. The fourth-order valence-electron chi connectivity index (χ4n) is 3.49. The van der Waals surface area contributed by atoms with Crippen molar-refractivity contribution in [2.45, 2.75) is 13.1 Å². The number of carbonyl (C=O) groups excluding carboxylic acids is 2. The van der Waals surface area contributed by atoms with E-state index in [4.69, 9.17) is 4.74 Å². The summed E-state index contributed by atoms with van der Waals surface area (Å²) in [6.45, 7) is 6.03. The van der Waals surface area contributed by atoms with Gasteiger partial charge in [0.2, 0.25) is 0 Å². The lowest BCUT2D eigenvalue weighted by atomic mass is 10.1. The molecule has 2 aromatic rings. The maximum atomic E-state index is 11.9. The van der Waals surface area contributed by atoms with Gasteiger partial charge < -0.3 is 14.8 Å². The molecular weight excluding hydrogens is 394 g/mol. The average molecular weight is 424 g/mol. The molecule has 7 nitrogen and oxygen atoms in total. The zero-order chi connectivity index (χ0) is 22.1. The predicted molar refractivity (Wildman–Crippen MR) is 119 cm³/mol. The molecule has 0 saturated carbocycles. The number of benzene rings is 2. The second-order valence-corrected chi connectivity index (χ2v) is 7.43. The van der Waals surface area contributed by atoms with Gasteiger partial charge in [0, 0.05) is 45.0 Å². The van der Waals surface area contributed by atoms with E-state index in [-0.39, 0.29) is 5.70 Å². The molecule has 0 atom stereocenters. The van der Waals surface area contributed by atoms with Gasteiger partial charge >= 0.3 is 11.9 Å². The van der Waals surface area contributed by atoms with Crippen molar-refractivity contribution in [2.75, 3.05) is 45.7 Å². The number of anilines is 1. The highest BCUT2D eigenvalue weighted by atomic mass is 16.5. The van der Waals surface area contributed by atoms with Crippen molar-refractivity contribution in [3.05, 3.63) is 77.5 Å². The van der Waals surface area contributed by atoms with Crippen LogP contribution in [0.25, 0.3) is 0 Å². The summed E-state index contributed by atoms with van der Waals surface area (Å²) in [5.41, 5.74) is 3.26. The van der Waals surface area contributed by atoms with Crippen LogP contribution in [0.5, 0.6) is 0 Å². The lowest BCUT2D eigenvalue weighted by Crippen LogP contribution is -2.45. The number of rotatable bonds is 8. The van der Waals surface area contributed by atoms with Gasteiger partial charge in [0.25, 0.3) is 0 Å². The molecule has 1 N–H and O–H groups in total. The fourth-order valence-corrected chi connectivity index (χ4v) is 3.49. The number of piperazine rings is 1. The molecule has 1 heterocycles. The number of carbonyl (C=O) groups is 2. The average Bonchev–Trinajstić information content (AvgIpc) is 2.81. The number of nitrogens with one attached hydrogen (secondary N) is 1. The highest BCUT2D eigenvalue weighted by Gasteiger charge is 2.17. The van der Waals surface area contributed by atoms with Crippen molar-refractivity contribution in [2.24, 2.45) is 0 Å². The zero-order valence-electron chi connectivity index (χ0n) is 18.0. The zero-order valence-corrected chi connectivity index (χ0v) is 18.0. The third kappa shape index (κ3) is 6.94. The first-order valence-corrected chi connectivity index (χ1v) is 10.3. The summed E-state index contributed by atoms with van der Waals surface area (Å²) < 4.78 is 9.30. The maximum Gasteiger partial charge on any atom is 0.354 e. The van der Waals surface area contributed by atoms with E-state index < -0.39 is 11.9 Å². The van der Waals surface area contributed by atoms with Crippen LogP contribution in [-0.2, 0) is 32.2 Å². The number of methoxy groups -OCH3 is 2. The van der Waals surface area contributed by atoms with Gasteiger partial charge in [-0.15, -0.1) is 0 Å². The van der Waals surface area contributed by atoms with Crippen LogP contribution in [0.1, 0.15) is 11.1 Å². The summed E-state index contributed by atoms with van der Waals surface area (Å²) in [6.07, 6.45) is 1.08. The minimum atomic E-state index is -0.636. The van der Waals surface area contributed by atoms with Gasteiger partial charge in [0.15, 0.2) is 0 Å². The van der Waals surface area contributed by atoms with Crippen LogP contribution < -0.4 is 5.32 Å². The van der Waals surface area contributed by atoms with Gasteiger partial charge in [-0.3, -0.25) is 9.80 Å². The highest BCUT2D eigenvalue weighted by molar-refractivity contribution is 5.98. The smallest absolute Gasteiger partial charge is 0.354 e. The Bertz CT molecular complexity index is 889. The van der Waals surface area contributed by atoms with Crippen molar-refractivity contribution in [3.8, 4) is 0 Å². The highest BCUT2D eigenvalue weighted by Crippen LogP contribution is 2.16. The van der Waals surface area contributed by atoms with Crippen LogP contribution in [0.3, 0.4) is 0 Å². The number of nitrogens with zero attached hydrogens (tertiary/aromatic N) is 2. The second kappa shape index (κ2) is 11.3. The Morgan fingerprint density at radius 1 is 0.839 bits per heavy atom. The van der Waals surface area contributed by atoms with Crippen molar-refractivity contribution in [3.63, 3.8) is 0 Å². The van der Waals surface area contributed by atoms with Crippen molar-refractivity contribution >= 4 is 17.6 Å². The molecule has 7 heteroatoms. The number of esters is 2. The van der Waals surface area contributed by atoms with E-state index in [1.165, 1.54) is 25.3 Å². The summed E-state index contributed by atoms with van der Waals surface area (Å²) in [5, 5.41) is 2.92. The number of hydrogen-bond acceptors (Lipinski definition) is 7. The third-order valence-corrected chi connectivity index (χ3v) is 5.22. The summed E-state index contributed by atoms with van der Waals surface area (Å²) in [4.78, 5) is 28.3. The first kappa shape index (κ1) is 22.5. The number of ether oxygens (including phenoxy) is 2. The monoisotopic (exact) mass is 423 g/mol. The van der Waals surface area contributed by atoms with Gasteiger partial charge in [-0.2, -0.15) is 0 Å². The number of hydrogen-bond donors (Lipinski definition) is 1.